The molecule has 166 valence electrons. The lowest BCUT2D eigenvalue weighted by Gasteiger charge is -2.20. The van der Waals surface area contributed by atoms with Crippen molar-refractivity contribution >= 4 is 46.0 Å². The molecule has 0 spiro atoms. The van der Waals surface area contributed by atoms with Gasteiger partial charge in [-0.05, 0) is 53.6 Å². The van der Waals surface area contributed by atoms with E-state index >= 15 is 0 Å². The van der Waals surface area contributed by atoms with Gasteiger partial charge in [-0.2, -0.15) is 9.97 Å². The van der Waals surface area contributed by atoms with Crippen LogP contribution < -0.4 is 11.1 Å². The standard InChI is InChI=1S/C23H24ClN5O2S/c24-17-10-15-12-31-11-14-4-3-5-16(18(14)15)19(17)20-27-22(25)29-23(28-20)32-9-2-1-8-26-21(30)13-6-7-13/h3-5,10,13H,1-2,6-9,11-12H2,(H,26,30)(H2,25,27,28,29). The summed E-state index contributed by atoms with van der Waals surface area (Å²) in [7, 11) is 0. The molecular weight excluding hydrogens is 446 g/mol. The number of nitrogens with zero attached hydrogens (tertiary/aromatic N) is 3. The zero-order valence-corrected chi connectivity index (χ0v) is 19.1. The third-order valence-corrected chi connectivity index (χ3v) is 6.93. The number of ether oxygens (including phenoxy) is 1. The normalized spacial score (nSPS) is 15.2. The lowest BCUT2D eigenvalue weighted by Crippen LogP contribution is -2.25. The number of aromatic nitrogens is 3. The summed E-state index contributed by atoms with van der Waals surface area (Å²) >= 11 is 8.21. The van der Waals surface area contributed by atoms with Gasteiger partial charge in [0.15, 0.2) is 11.0 Å². The number of thioether (sulfide) groups is 1. The molecule has 2 heterocycles. The van der Waals surface area contributed by atoms with Crippen molar-refractivity contribution in [2.75, 3.05) is 18.0 Å². The number of unbranched alkanes of at least 4 members (excludes halogenated alkanes) is 1. The molecule has 0 radical (unpaired) electrons. The second-order valence-corrected chi connectivity index (χ2v) is 9.61. The van der Waals surface area contributed by atoms with E-state index in [-0.39, 0.29) is 17.8 Å². The Kier molecular flexibility index (Phi) is 6.17. The highest BCUT2D eigenvalue weighted by Crippen LogP contribution is 2.39. The molecule has 1 saturated carbocycles. The maximum absolute atomic E-state index is 11.7. The molecule has 7 nitrogen and oxygen atoms in total. The second kappa shape index (κ2) is 9.21. The Labute approximate surface area is 195 Å². The maximum atomic E-state index is 11.7. The number of carbonyl (C=O) groups is 1. The fourth-order valence-electron chi connectivity index (χ4n) is 3.99. The predicted octanol–water partition coefficient (Wildman–Crippen LogP) is 4.36. The number of carbonyl (C=O) groups excluding carboxylic acids is 1. The van der Waals surface area contributed by atoms with Gasteiger partial charge in [0.05, 0.1) is 18.2 Å². The summed E-state index contributed by atoms with van der Waals surface area (Å²) in [5.41, 5.74) is 8.99. The van der Waals surface area contributed by atoms with E-state index in [0.717, 1.165) is 58.9 Å². The number of hydrogen-bond donors (Lipinski definition) is 2. The molecule has 0 saturated heterocycles. The van der Waals surface area contributed by atoms with E-state index in [4.69, 9.17) is 22.1 Å². The van der Waals surface area contributed by atoms with E-state index in [9.17, 15) is 4.79 Å². The minimum atomic E-state index is 0.175. The fourth-order valence-corrected chi connectivity index (χ4v) is 5.14. The van der Waals surface area contributed by atoms with Gasteiger partial charge in [0, 0.05) is 23.8 Å². The van der Waals surface area contributed by atoms with Gasteiger partial charge in [-0.15, -0.1) is 0 Å². The Balaban J connectivity index is 1.32. The first kappa shape index (κ1) is 21.4. The number of nitrogens with two attached hydrogens (primary N) is 1. The van der Waals surface area contributed by atoms with Crippen molar-refractivity contribution in [2.45, 2.75) is 44.1 Å². The molecule has 2 aromatic carbocycles. The largest absolute Gasteiger partial charge is 0.372 e. The molecule has 1 aromatic heterocycles. The summed E-state index contributed by atoms with van der Waals surface area (Å²) < 4.78 is 5.68. The Hall–Kier alpha value is -2.42. The smallest absolute Gasteiger partial charge is 0.224 e. The van der Waals surface area contributed by atoms with Crippen molar-refractivity contribution in [3.8, 4) is 11.4 Å². The molecule has 9 heteroatoms. The van der Waals surface area contributed by atoms with Crippen LogP contribution in [-0.4, -0.2) is 33.2 Å². The van der Waals surface area contributed by atoms with Gasteiger partial charge >= 0.3 is 0 Å². The van der Waals surface area contributed by atoms with Gasteiger partial charge < -0.3 is 15.8 Å². The van der Waals surface area contributed by atoms with E-state index in [1.165, 1.54) is 11.8 Å². The average molecular weight is 470 g/mol. The predicted molar refractivity (Wildman–Crippen MR) is 126 cm³/mol. The summed E-state index contributed by atoms with van der Waals surface area (Å²) in [6.45, 7) is 1.82. The number of amides is 1. The first-order valence-electron chi connectivity index (χ1n) is 10.8. The minimum absolute atomic E-state index is 0.175. The van der Waals surface area contributed by atoms with Crippen LogP contribution in [0, 0.1) is 5.92 Å². The van der Waals surface area contributed by atoms with Crippen LogP contribution in [-0.2, 0) is 22.7 Å². The van der Waals surface area contributed by atoms with E-state index in [0.29, 0.717) is 35.8 Å². The average Bonchev–Trinajstić information content (AvgIpc) is 3.61. The first-order valence-corrected chi connectivity index (χ1v) is 12.2. The second-order valence-electron chi connectivity index (χ2n) is 8.15. The number of nitrogen functional groups attached to an aromatic ring is 1. The van der Waals surface area contributed by atoms with Crippen LogP contribution in [0.15, 0.2) is 29.4 Å². The molecule has 32 heavy (non-hydrogen) atoms. The molecule has 0 bridgehead atoms. The van der Waals surface area contributed by atoms with E-state index in [1.807, 2.05) is 18.2 Å². The SMILES string of the molecule is Nc1nc(SCCCCNC(=O)C2CC2)nc(-c2c(Cl)cc3c4c(cccc24)COC3)n1. The third-order valence-electron chi connectivity index (χ3n) is 5.70. The number of rotatable bonds is 8. The highest BCUT2D eigenvalue weighted by molar-refractivity contribution is 7.99. The van der Waals surface area contributed by atoms with Crippen molar-refractivity contribution in [3.63, 3.8) is 0 Å². The number of benzene rings is 2. The maximum Gasteiger partial charge on any atom is 0.224 e. The third kappa shape index (κ3) is 4.53. The summed E-state index contributed by atoms with van der Waals surface area (Å²) in [5, 5.41) is 6.30. The topological polar surface area (TPSA) is 103 Å². The molecule has 1 amide bonds. The molecule has 1 aliphatic carbocycles. The van der Waals surface area contributed by atoms with Crippen molar-refractivity contribution in [2.24, 2.45) is 5.92 Å². The van der Waals surface area contributed by atoms with Crippen molar-refractivity contribution in [1.82, 2.24) is 20.3 Å². The van der Waals surface area contributed by atoms with Crippen LogP contribution in [0.3, 0.4) is 0 Å². The van der Waals surface area contributed by atoms with Gasteiger partial charge in [-0.3, -0.25) is 4.79 Å². The van der Waals surface area contributed by atoms with Crippen molar-refractivity contribution in [1.29, 1.82) is 0 Å². The number of nitrogens with one attached hydrogen (secondary N) is 1. The molecule has 2 aliphatic rings. The lowest BCUT2D eigenvalue weighted by molar-refractivity contribution is -0.122. The van der Waals surface area contributed by atoms with Gasteiger partial charge in [0.25, 0.3) is 0 Å². The molecule has 0 unspecified atom stereocenters. The zero-order valence-electron chi connectivity index (χ0n) is 17.6. The summed E-state index contributed by atoms with van der Waals surface area (Å²) in [6, 6.07) is 8.04. The molecule has 3 aromatic rings. The van der Waals surface area contributed by atoms with Crippen molar-refractivity contribution < 1.29 is 9.53 Å². The number of anilines is 1. The van der Waals surface area contributed by atoms with Crippen LogP contribution >= 0.6 is 23.4 Å². The van der Waals surface area contributed by atoms with E-state index in [2.05, 4.69) is 26.3 Å². The quantitative estimate of drug-likeness (QED) is 0.373. The first-order chi connectivity index (χ1) is 15.6. The molecule has 1 aliphatic heterocycles. The van der Waals surface area contributed by atoms with E-state index in [1.54, 1.807) is 0 Å². The van der Waals surface area contributed by atoms with Gasteiger partial charge in [0.2, 0.25) is 11.9 Å². The minimum Gasteiger partial charge on any atom is -0.372 e. The monoisotopic (exact) mass is 469 g/mol. The zero-order chi connectivity index (χ0) is 22.1. The summed E-state index contributed by atoms with van der Waals surface area (Å²) in [4.78, 5) is 25.0. The molecule has 1 fully saturated rings. The van der Waals surface area contributed by atoms with Crippen LogP contribution in [0.1, 0.15) is 36.8 Å². The van der Waals surface area contributed by atoms with Gasteiger partial charge in [-0.1, -0.05) is 41.6 Å². The van der Waals surface area contributed by atoms with Crippen LogP contribution in [0.25, 0.3) is 22.2 Å². The van der Waals surface area contributed by atoms with Crippen LogP contribution in [0.4, 0.5) is 5.95 Å². The highest BCUT2D eigenvalue weighted by Gasteiger charge is 2.29. The van der Waals surface area contributed by atoms with Crippen LogP contribution in [0.2, 0.25) is 5.02 Å². The molecule has 0 atom stereocenters. The molecule has 5 rings (SSSR count). The molecule has 3 N–H and O–H groups in total. The number of halogens is 1. The van der Waals surface area contributed by atoms with Crippen molar-refractivity contribution in [3.05, 3.63) is 40.4 Å². The highest BCUT2D eigenvalue weighted by atomic mass is 35.5. The molecular formula is C23H24ClN5O2S. The van der Waals surface area contributed by atoms with E-state index < -0.39 is 0 Å². The van der Waals surface area contributed by atoms with Gasteiger partial charge in [-0.25, -0.2) is 4.98 Å². The Morgan fingerprint density at radius 3 is 2.88 bits per heavy atom. The fraction of sp³-hybridized carbons (Fsp3) is 0.391. The Morgan fingerprint density at radius 2 is 2.03 bits per heavy atom. The number of hydrogen-bond acceptors (Lipinski definition) is 7. The lowest BCUT2D eigenvalue weighted by atomic mass is 9.94. The summed E-state index contributed by atoms with van der Waals surface area (Å²) in [6.07, 6.45) is 3.92. The van der Waals surface area contributed by atoms with Gasteiger partial charge in [0.1, 0.15) is 0 Å². The van der Waals surface area contributed by atoms with Crippen LogP contribution in [0.5, 0.6) is 0 Å². The Bertz CT molecular complexity index is 1180. The Morgan fingerprint density at radius 1 is 1.19 bits per heavy atom. The summed E-state index contributed by atoms with van der Waals surface area (Å²) in [5.74, 6) is 1.94.